The van der Waals surface area contributed by atoms with E-state index in [9.17, 15) is 0 Å². The molecule has 13 heavy (non-hydrogen) atoms. The fourth-order valence-electron chi connectivity index (χ4n) is 0.720. The van der Waals surface area contributed by atoms with Crippen LogP contribution in [-0.4, -0.2) is 39.4 Å². The molecule has 3 N–H and O–H groups in total. The van der Waals surface area contributed by atoms with Gasteiger partial charge in [-0.2, -0.15) is 0 Å². The summed E-state index contributed by atoms with van der Waals surface area (Å²) in [5.41, 5.74) is 0. The summed E-state index contributed by atoms with van der Waals surface area (Å²) < 4.78 is 0. The van der Waals surface area contributed by atoms with Gasteiger partial charge in [0.25, 0.3) is 0 Å². The van der Waals surface area contributed by atoms with Crippen LogP contribution >= 0.6 is 11.6 Å². The van der Waals surface area contributed by atoms with E-state index in [0.29, 0.717) is 5.82 Å². The molecule has 1 rings (SSSR count). The van der Waals surface area contributed by atoms with Crippen molar-refractivity contribution in [3.63, 3.8) is 0 Å². The highest BCUT2D eigenvalue weighted by Gasteiger charge is 2.01. The molecule has 0 fully saturated rings. The van der Waals surface area contributed by atoms with Crippen LogP contribution in [0.1, 0.15) is 0 Å². The van der Waals surface area contributed by atoms with Crippen molar-refractivity contribution < 1.29 is 10.2 Å². The molecule has 0 radical (unpaired) electrons. The first kappa shape index (κ1) is 10.2. The first-order valence-corrected chi connectivity index (χ1v) is 4.11. The number of nitrogens with one attached hydrogen (secondary N) is 1. The third-order valence-corrected chi connectivity index (χ3v) is 1.54. The van der Waals surface area contributed by atoms with Gasteiger partial charge in [-0.25, -0.2) is 9.97 Å². The van der Waals surface area contributed by atoms with Crippen LogP contribution in [-0.2, 0) is 0 Å². The van der Waals surface area contributed by atoms with Gasteiger partial charge in [-0.05, 0) is 17.7 Å². The molecule has 0 saturated carbocycles. The number of halogens is 1. The first-order valence-electron chi connectivity index (χ1n) is 3.73. The second-order valence-corrected chi connectivity index (χ2v) is 2.77. The molecule has 0 aliphatic rings. The second-order valence-electron chi connectivity index (χ2n) is 2.43. The Kier molecular flexibility index (Phi) is 3.88. The lowest BCUT2D eigenvalue weighted by Crippen LogP contribution is -2.23. The van der Waals surface area contributed by atoms with Crippen molar-refractivity contribution in [1.82, 2.24) is 9.97 Å². The van der Waals surface area contributed by atoms with E-state index in [1.54, 1.807) is 6.07 Å². The molecule has 0 spiro atoms. The van der Waals surface area contributed by atoms with Crippen molar-refractivity contribution in [2.45, 2.75) is 6.10 Å². The number of hydrogen-bond donors (Lipinski definition) is 3. The van der Waals surface area contributed by atoms with Gasteiger partial charge in [0, 0.05) is 12.7 Å². The zero-order valence-electron chi connectivity index (χ0n) is 6.81. The molecule has 0 aliphatic carbocycles. The topological polar surface area (TPSA) is 78.3 Å². The summed E-state index contributed by atoms with van der Waals surface area (Å²) in [5.74, 6) is 0.521. The van der Waals surface area contributed by atoms with E-state index in [1.165, 1.54) is 6.20 Å². The summed E-state index contributed by atoms with van der Waals surface area (Å²) >= 11 is 5.52. The molecule has 1 aromatic rings. The summed E-state index contributed by atoms with van der Waals surface area (Å²) in [6, 6.07) is 1.62. The smallest absolute Gasteiger partial charge is 0.224 e. The maximum atomic E-state index is 9.00. The fourth-order valence-corrected chi connectivity index (χ4v) is 0.868. The van der Waals surface area contributed by atoms with Crippen LogP contribution in [0.4, 0.5) is 5.82 Å². The number of nitrogens with zero attached hydrogens (tertiary/aromatic N) is 2. The molecule has 1 unspecified atom stereocenters. The number of rotatable bonds is 4. The third-order valence-electron chi connectivity index (χ3n) is 1.36. The molecule has 5 nitrogen and oxygen atoms in total. The predicted molar refractivity (Wildman–Crippen MR) is 48.6 cm³/mol. The molecule has 1 aromatic heterocycles. The van der Waals surface area contributed by atoms with Crippen molar-refractivity contribution in [1.29, 1.82) is 0 Å². The number of aliphatic hydroxyl groups excluding tert-OH is 2. The maximum absolute atomic E-state index is 9.00. The lowest BCUT2D eigenvalue weighted by molar-refractivity contribution is 0.105. The van der Waals surface area contributed by atoms with Crippen molar-refractivity contribution >= 4 is 17.4 Å². The van der Waals surface area contributed by atoms with Crippen molar-refractivity contribution in [2.24, 2.45) is 0 Å². The summed E-state index contributed by atoms with van der Waals surface area (Å²) in [6.07, 6.45) is 0.706. The van der Waals surface area contributed by atoms with E-state index < -0.39 is 6.10 Å². The number of aliphatic hydroxyl groups is 2. The maximum Gasteiger partial charge on any atom is 0.224 e. The molecule has 1 heterocycles. The highest BCUT2D eigenvalue weighted by Crippen LogP contribution is 2.05. The quantitative estimate of drug-likeness (QED) is 0.596. The van der Waals surface area contributed by atoms with Crippen LogP contribution in [0.3, 0.4) is 0 Å². The molecule has 0 bridgehead atoms. The Morgan fingerprint density at radius 1 is 1.62 bits per heavy atom. The highest BCUT2D eigenvalue weighted by molar-refractivity contribution is 6.28. The minimum absolute atomic E-state index is 0.142. The van der Waals surface area contributed by atoms with Crippen LogP contribution in [0.5, 0.6) is 0 Å². The van der Waals surface area contributed by atoms with Crippen molar-refractivity contribution in [3.8, 4) is 0 Å². The standard InChI is InChI=1S/C7H10ClN3O2/c8-7-9-2-1-6(11-7)10-3-5(13)4-12/h1-2,5,12-13H,3-4H2,(H,9,10,11). The third kappa shape index (κ3) is 3.54. The molecule has 0 aromatic carbocycles. The highest BCUT2D eigenvalue weighted by atomic mass is 35.5. The molecular weight excluding hydrogens is 194 g/mol. The Labute approximate surface area is 80.4 Å². The predicted octanol–water partition coefficient (Wildman–Crippen LogP) is -0.105. The van der Waals surface area contributed by atoms with Gasteiger partial charge in [0.1, 0.15) is 5.82 Å². The number of hydrogen-bond acceptors (Lipinski definition) is 5. The van der Waals surface area contributed by atoms with Gasteiger partial charge >= 0.3 is 0 Å². The Morgan fingerprint density at radius 2 is 2.38 bits per heavy atom. The van der Waals surface area contributed by atoms with E-state index in [-0.39, 0.29) is 18.4 Å². The summed E-state index contributed by atoms with van der Waals surface area (Å²) in [6.45, 7) is -0.0599. The second kappa shape index (κ2) is 4.96. The Morgan fingerprint density at radius 3 is 3.00 bits per heavy atom. The van der Waals surface area contributed by atoms with Crippen LogP contribution < -0.4 is 5.32 Å². The van der Waals surface area contributed by atoms with Crippen molar-refractivity contribution in [3.05, 3.63) is 17.5 Å². The zero-order chi connectivity index (χ0) is 9.68. The molecule has 0 aliphatic heterocycles. The summed E-state index contributed by atoms with van der Waals surface area (Å²) in [5, 5.41) is 20.5. The van der Waals surface area contributed by atoms with E-state index in [4.69, 9.17) is 21.8 Å². The van der Waals surface area contributed by atoms with E-state index in [1.807, 2.05) is 0 Å². The van der Waals surface area contributed by atoms with E-state index >= 15 is 0 Å². The lowest BCUT2D eigenvalue weighted by atomic mass is 10.4. The molecule has 1 atom stereocenters. The summed E-state index contributed by atoms with van der Waals surface area (Å²) in [7, 11) is 0. The van der Waals surface area contributed by atoms with Gasteiger partial charge in [0.05, 0.1) is 12.7 Å². The molecule has 0 amide bonds. The van der Waals surface area contributed by atoms with Gasteiger partial charge in [-0.3, -0.25) is 0 Å². The Balaban J connectivity index is 2.45. The Hall–Kier alpha value is -0.910. The van der Waals surface area contributed by atoms with Crippen LogP contribution in [0, 0.1) is 0 Å². The number of aromatic nitrogens is 2. The van der Waals surface area contributed by atoms with Crippen LogP contribution in [0.2, 0.25) is 5.28 Å². The molecule has 72 valence electrons. The Bertz CT molecular complexity index is 272. The molecule has 0 saturated heterocycles. The van der Waals surface area contributed by atoms with Crippen LogP contribution in [0.15, 0.2) is 12.3 Å². The normalized spacial score (nSPS) is 12.5. The molecule has 6 heteroatoms. The zero-order valence-corrected chi connectivity index (χ0v) is 7.57. The SMILES string of the molecule is OCC(O)CNc1ccnc(Cl)n1. The van der Waals surface area contributed by atoms with Crippen molar-refractivity contribution in [2.75, 3.05) is 18.5 Å². The largest absolute Gasteiger partial charge is 0.394 e. The minimum Gasteiger partial charge on any atom is -0.394 e. The van der Waals surface area contributed by atoms with Gasteiger partial charge < -0.3 is 15.5 Å². The first-order chi connectivity index (χ1) is 6.22. The fraction of sp³-hybridized carbons (Fsp3) is 0.429. The lowest BCUT2D eigenvalue weighted by Gasteiger charge is -2.08. The van der Waals surface area contributed by atoms with Gasteiger partial charge in [-0.1, -0.05) is 0 Å². The summed E-state index contributed by atoms with van der Waals surface area (Å²) in [4.78, 5) is 7.52. The van der Waals surface area contributed by atoms with Gasteiger partial charge in [0.2, 0.25) is 5.28 Å². The average Bonchev–Trinajstić information content (AvgIpc) is 2.14. The van der Waals surface area contributed by atoms with E-state index in [2.05, 4.69) is 15.3 Å². The average molecular weight is 204 g/mol. The van der Waals surface area contributed by atoms with Gasteiger partial charge in [-0.15, -0.1) is 0 Å². The van der Waals surface area contributed by atoms with E-state index in [0.717, 1.165) is 0 Å². The molecular formula is C7H10ClN3O2. The van der Waals surface area contributed by atoms with Gasteiger partial charge in [0.15, 0.2) is 0 Å². The number of anilines is 1. The minimum atomic E-state index is -0.797. The van der Waals surface area contributed by atoms with Crippen LogP contribution in [0.25, 0.3) is 0 Å². The monoisotopic (exact) mass is 203 g/mol.